The highest BCUT2D eigenvalue weighted by Crippen LogP contribution is 2.40. The minimum Gasteiger partial charge on any atom is -0.380 e. The number of nitrogens with zero attached hydrogens (tertiary/aromatic N) is 2. The van der Waals surface area contributed by atoms with Gasteiger partial charge in [-0.1, -0.05) is 81.7 Å². The van der Waals surface area contributed by atoms with E-state index in [0.717, 1.165) is 12.1 Å². The van der Waals surface area contributed by atoms with Gasteiger partial charge in [0.15, 0.2) is 0 Å². The maximum atomic E-state index is 13.3. The molecule has 2 aromatic rings. The zero-order valence-electron chi connectivity index (χ0n) is 25.0. The summed E-state index contributed by atoms with van der Waals surface area (Å²) in [6.45, 7) is 2.73. The summed E-state index contributed by atoms with van der Waals surface area (Å²) in [4.78, 5) is 29.2. The van der Waals surface area contributed by atoms with Crippen LogP contribution in [-0.4, -0.2) is 64.7 Å². The summed E-state index contributed by atoms with van der Waals surface area (Å²) in [6, 6.07) is 14.8. The number of carbonyl (C=O) groups excluding carboxylic acids is 2. The second kappa shape index (κ2) is 12.9. The van der Waals surface area contributed by atoms with Crippen molar-refractivity contribution < 1.29 is 14.7 Å². The van der Waals surface area contributed by atoms with Gasteiger partial charge in [0.2, 0.25) is 0 Å². The third kappa shape index (κ3) is 6.43. The maximum absolute atomic E-state index is 13.3. The Morgan fingerprint density at radius 2 is 1.36 bits per heavy atom. The number of benzene rings is 2. The van der Waals surface area contributed by atoms with E-state index in [-0.39, 0.29) is 18.0 Å². The summed E-state index contributed by atoms with van der Waals surface area (Å²) in [5.41, 5.74) is 11.4. The molecule has 4 aliphatic rings. The third-order valence-corrected chi connectivity index (χ3v) is 10.3. The summed E-state index contributed by atoms with van der Waals surface area (Å²) in [6.07, 6.45) is 14.3. The van der Waals surface area contributed by atoms with Gasteiger partial charge >= 0.3 is 0 Å². The first-order valence-corrected chi connectivity index (χ1v) is 16.5. The summed E-state index contributed by atoms with van der Waals surface area (Å²) >= 11 is 0. The zero-order chi connectivity index (χ0) is 29.1. The van der Waals surface area contributed by atoms with Gasteiger partial charge in [0.1, 0.15) is 5.60 Å². The Morgan fingerprint density at radius 3 is 1.98 bits per heavy atom. The van der Waals surface area contributed by atoms with Gasteiger partial charge in [0.05, 0.1) is 6.17 Å². The smallest absolute Gasteiger partial charge is 0.254 e. The number of hydrogen-bond donors (Lipinski definition) is 3. The Labute approximate surface area is 250 Å². The molecule has 1 saturated heterocycles. The number of piperazine rings is 1. The molecule has 2 heterocycles. The fraction of sp³-hybridized carbons (Fsp3) is 0.600. The molecule has 2 aromatic carbocycles. The lowest BCUT2D eigenvalue weighted by atomic mass is 9.74. The van der Waals surface area contributed by atoms with Crippen molar-refractivity contribution in [2.45, 2.75) is 101 Å². The molecule has 0 aromatic heterocycles. The molecule has 0 spiro atoms. The van der Waals surface area contributed by atoms with E-state index in [1.54, 1.807) is 4.90 Å². The van der Waals surface area contributed by atoms with Crippen molar-refractivity contribution in [2.24, 2.45) is 11.7 Å². The Hall–Kier alpha value is -2.74. The SMILES string of the molecule is NC1NCc2ccc(-c3ccc(C(=O)N4CCN(C(=O)C5(O)CC5)CC4)cc3)cc2C1C1CCCCCCCCCC1. The van der Waals surface area contributed by atoms with E-state index >= 15 is 0 Å². The number of fused-ring (bicyclic) bond motifs is 1. The minimum atomic E-state index is -1.15. The van der Waals surface area contributed by atoms with E-state index in [1.165, 1.54) is 80.9 Å². The molecule has 42 heavy (non-hydrogen) atoms. The number of nitrogens with one attached hydrogen (secondary N) is 1. The van der Waals surface area contributed by atoms with Crippen LogP contribution in [-0.2, 0) is 11.3 Å². The number of amides is 2. The van der Waals surface area contributed by atoms with E-state index < -0.39 is 5.60 Å². The molecule has 2 atom stereocenters. The summed E-state index contributed by atoms with van der Waals surface area (Å²) in [7, 11) is 0. The number of hydrogen-bond acceptors (Lipinski definition) is 5. The Bertz CT molecular complexity index is 1240. The largest absolute Gasteiger partial charge is 0.380 e. The molecule has 2 unspecified atom stereocenters. The van der Waals surface area contributed by atoms with Gasteiger partial charge in [-0.25, -0.2) is 0 Å². The van der Waals surface area contributed by atoms with Crippen molar-refractivity contribution in [2.75, 3.05) is 26.2 Å². The average Bonchev–Trinajstić information content (AvgIpc) is 3.79. The summed E-state index contributed by atoms with van der Waals surface area (Å²) in [5.74, 6) is 0.733. The van der Waals surface area contributed by atoms with Crippen molar-refractivity contribution in [3.63, 3.8) is 0 Å². The molecule has 7 heteroatoms. The molecule has 7 nitrogen and oxygen atoms in total. The van der Waals surface area contributed by atoms with Gasteiger partial charge in [-0.05, 0) is 66.0 Å². The van der Waals surface area contributed by atoms with Gasteiger partial charge in [-0.2, -0.15) is 0 Å². The molecule has 3 fully saturated rings. The van der Waals surface area contributed by atoms with Gasteiger partial charge < -0.3 is 20.6 Å². The standard InChI is InChI=1S/C35H48N4O3/c36-32-31(26-9-7-5-3-1-2-4-6-8-10-26)30-23-28(15-16-29(30)24-37-32)25-11-13-27(14-12-25)33(40)38-19-21-39(22-20-38)34(41)35(42)17-18-35/h11-16,23,26,31-32,37,42H,1-10,17-22,24,36H2. The van der Waals surface area contributed by atoms with Crippen LogP contribution in [0.1, 0.15) is 104 Å². The topological polar surface area (TPSA) is 98.9 Å². The fourth-order valence-corrected chi connectivity index (χ4v) is 7.45. The van der Waals surface area contributed by atoms with E-state index in [2.05, 4.69) is 35.6 Å². The molecule has 6 rings (SSSR count). The minimum absolute atomic E-state index is 0.00636. The van der Waals surface area contributed by atoms with Gasteiger partial charge in [-0.15, -0.1) is 0 Å². The molecule has 2 aliphatic carbocycles. The predicted octanol–water partition coefficient (Wildman–Crippen LogP) is 5.17. The molecule has 0 radical (unpaired) electrons. The van der Waals surface area contributed by atoms with Crippen molar-refractivity contribution in [3.05, 3.63) is 59.2 Å². The molecule has 2 amide bonds. The van der Waals surface area contributed by atoms with Crippen molar-refractivity contribution in [3.8, 4) is 11.1 Å². The number of nitrogens with two attached hydrogens (primary N) is 1. The Kier molecular flexibility index (Phi) is 8.98. The van der Waals surface area contributed by atoms with Crippen LogP contribution in [0.2, 0.25) is 0 Å². The highest BCUT2D eigenvalue weighted by molar-refractivity contribution is 5.95. The maximum Gasteiger partial charge on any atom is 0.254 e. The lowest BCUT2D eigenvalue weighted by Gasteiger charge is -2.38. The van der Waals surface area contributed by atoms with Crippen LogP contribution < -0.4 is 11.1 Å². The van der Waals surface area contributed by atoms with Crippen molar-refractivity contribution >= 4 is 11.8 Å². The second-order valence-corrected chi connectivity index (χ2v) is 13.2. The number of aliphatic hydroxyl groups is 1. The second-order valence-electron chi connectivity index (χ2n) is 13.2. The lowest BCUT2D eigenvalue weighted by molar-refractivity contribution is -0.143. The van der Waals surface area contributed by atoms with Crippen LogP contribution in [0.15, 0.2) is 42.5 Å². The van der Waals surface area contributed by atoms with Gasteiger partial charge in [0, 0.05) is 44.2 Å². The molecular formula is C35H48N4O3. The lowest BCUT2D eigenvalue weighted by Crippen LogP contribution is -2.53. The molecule has 0 bridgehead atoms. The van der Waals surface area contributed by atoms with Crippen LogP contribution in [0.25, 0.3) is 11.1 Å². The number of rotatable bonds is 4. The highest BCUT2D eigenvalue weighted by Gasteiger charge is 2.50. The van der Waals surface area contributed by atoms with E-state index in [4.69, 9.17) is 5.73 Å². The van der Waals surface area contributed by atoms with Crippen LogP contribution in [0, 0.1) is 5.92 Å². The first-order valence-electron chi connectivity index (χ1n) is 16.5. The Balaban J connectivity index is 1.14. The van der Waals surface area contributed by atoms with E-state index in [9.17, 15) is 14.7 Å². The first kappa shape index (κ1) is 29.3. The number of carbonyl (C=O) groups is 2. The zero-order valence-corrected chi connectivity index (χ0v) is 25.0. The van der Waals surface area contributed by atoms with Gasteiger partial charge in [-0.3, -0.25) is 14.9 Å². The quantitative estimate of drug-likeness (QED) is 0.470. The summed E-state index contributed by atoms with van der Waals surface area (Å²) < 4.78 is 0. The molecule has 226 valence electrons. The molecular weight excluding hydrogens is 524 g/mol. The fourth-order valence-electron chi connectivity index (χ4n) is 7.45. The van der Waals surface area contributed by atoms with Crippen molar-refractivity contribution in [1.29, 1.82) is 0 Å². The molecule has 2 saturated carbocycles. The molecule has 4 N–H and O–H groups in total. The normalized spacial score (nSPS) is 25.3. The van der Waals surface area contributed by atoms with Gasteiger partial charge in [0.25, 0.3) is 11.8 Å². The first-order chi connectivity index (χ1) is 20.4. The predicted molar refractivity (Wildman–Crippen MR) is 166 cm³/mol. The van der Waals surface area contributed by atoms with Crippen molar-refractivity contribution in [1.82, 2.24) is 15.1 Å². The Morgan fingerprint density at radius 1 is 0.786 bits per heavy atom. The van der Waals surface area contributed by atoms with Crippen LogP contribution in [0.4, 0.5) is 0 Å². The highest BCUT2D eigenvalue weighted by atomic mass is 16.3. The monoisotopic (exact) mass is 572 g/mol. The third-order valence-electron chi connectivity index (χ3n) is 10.3. The van der Waals surface area contributed by atoms with Crippen LogP contribution in [0.5, 0.6) is 0 Å². The van der Waals surface area contributed by atoms with E-state index in [0.29, 0.717) is 56.4 Å². The van der Waals surface area contributed by atoms with Crippen LogP contribution in [0.3, 0.4) is 0 Å². The summed E-state index contributed by atoms with van der Waals surface area (Å²) in [5, 5.41) is 13.7. The van der Waals surface area contributed by atoms with E-state index in [1.807, 2.05) is 17.0 Å². The average molecular weight is 573 g/mol. The van der Waals surface area contributed by atoms with Crippen LogP contribution >= 0.6 is 0 Å². The molecule has 2 aliphatic heterocycles.